The number of aryl methyl sites for hydroxylation is 1. The Morgan fingerprint density at radius 3 is 2.88 bits per heavy atom. The fourth-order valence-electron chi connectivity index (χ4n) is 3.44. The molecule has 0 saturated carbocycles. The second-order valence-electron chi connectivity index (χ2n) is 6.52. The maximum absolute atomic E-state index is 12.6. The van der Waals surface area contributed by atoms with Crippen LogP contribution in [-0.4, -0.2) is 35.9 Å². The summed E-state index contributed by atoms with van der Waals surface area (Å²) in [5, 5.41) is 10.3. The van der Waals surface area contributed by atoms with Crippen LogP contribution < -0.4 is 10.6 Å². The molecular formula is C19H26N4O2. The van der Waals surface area contributed by atoms with E-state index in [1.165, 1.54) is 5.56 Å². The zero-order chi connectivity index (χ0) is 17.6. The van der Waals surface area contributed by atoms with E-state index in [0.29, 0.717) is 6.54 Å². The number of nitrogens with zero attached hydrogens (tertiary/aromatic N) is 2. The van der Waals surface area contributed by atoms with Crippen molar-refractivity contribution >= 4 is 5.91 Å². The Labute approximate surface area is 148 Å². The average molecular weight is 342 g/mol. The van der Waals surface area contributed by atoms with Crippen molar-refractivity contribution in [3.8, 4) is 0 Å². The number of hydrogen-bond donors (Lipinski definition) is 2. The van der Waals surface area contributed by atoms with E-state index in [4.69, 9.17) is 4.74 Å². The van der Waals surface area contributed by atoms with Crippen LogP contribution in [0.25, 0.3) is 0 Å². The molecular weight excluding hydrogens is 316 g/mol. The van der Waals surface area contributed by atoms with Crippen molar-refractivity contribution in [2.45, 2.75) is 25.0 Å². The molecule has 1 aromatic carbocycles. The molecule has 1 amide bonds. The van der Waals surface area contributed by atoms with Gasteiger partial charge in [-0.1, -0.05) is 30.3 Å². The van der Waals surface area contributed by atoms with E-state index in [1.807, 2.05) is 31.4 Å². The highest BCUT2D eigenvalue weighted by Gasteiger charge is 2.29. The quantitative estimate of drug-likeness (QED) is 0.842. The molecule has 25 heavy (non-hydrogen) atoms. The minimum absolute atomic E-state index is 0.0344. The van der Waals surface area contributed by atoms with Crippen LogP contribution in [-0.2, 0) is 16.6 Å². The molecule has 1 aliphatic rings. The number of hydrogen-bond acceptors (Lipinski definition) is 4. The van der Waals surface area contributed by atoms with Gasteiger partial charge >= 0.3 is 0 Å². The molecule has 3 unspecified atom stereocenters. The predicted molar refractivity (Wildman–Crippen MR) is 95.9 cm³/mol. The molecule has 3 atom stereocenters. The Hall–Kier alpha value is -2.18. The lowest BCUT2D eigenvalue weighted by Gasteiger charge is -2.32. The van der Waals surface area contributed by atoms with Gasteiger partial charge in [0.15, 0.2) is 0 Å². The van der Waals surface area contributed by atoms with Crippen molar-refractivity contribution in [3.05, 3.63) is 53.9 Å². The topological polar surface area (TPSA) is 68.2 Å². The Kier molecular flexibility index (Phi) is 5.83. The van der Waals surface area contributed by atoms with Gasteiger partial charge < -0.3 is 15.4 Å². The van der Waals surface area contributed by atoms with Crippen molar-refractivity contribution in [3.63, 3.8) is 0 Å². The van der Waals surface area contributed by atoms with Crippen LogP contribution in [0.5, 0.6) is 0 Å². The summed E-state index contributed by atoms with van der Waals surface area (Å²) in [6, 6.07) is 9.86. The number of ether oxygens (including phenoxy) is 1. The Balaban J connectivity index is 1.63. The van der Waals surface area contributed by atoms with Gasteiger partial charge in [0, 0.05) is 37.9 Å². The van der Waals surface area contributed by atoms with Crippen LogP contribution >= 0.6 is 0 Å². The summed E-state index contributed by atoms with van der Waals surface area (Å²) in [6.45, 7) is 1.38. The number of likely N-dealkylation sites (N-methyl/N-ethyl adjacent to an activating group) is 1. The summed E-state index contributed by atoms with van der Waals surface area (Å²) < 4.78 is 7.71. The summed E-state index contributed by atoms with van der Waals surface area (Å²) >= 11 is 0. The van der Waals surface area contributed by atoms with Gasteiger partial charge in [0.25, 0.3) is 0 Å². The fraction of sp³-hybridized carbons (Fsp3) is 0.474. The fourth-order valence-corrected chi connectivity index (χ4v) is 3.44. The van der Waals surface area contributed by atoms with Gasteiger partial charge in [-0.25, -0.2) is 0 Å². The molecule has 0 radical (unpaired) electrons. The predicted octanol–water partition coefficient (Wildman–Crippen LogP) is 1.96. The second-order valence-corrected chi connectivity index (χ2v) is 6.52. The van der Waals surface area contributed by atoms with E-state index in [-0.39, 0.29) is 17.9 Å². The number of nitrogens with one attached hydrogen (secondary N) is 2. The average Bonchev–Trinajstić information content (AvgIpc) is 3.07. The molecule has 1 fully saturated rings. The maximum atomic E-state index is 12.6. The van der Waals surface area contributed by atoms with Crippen LogP contribution in [0, 0.1) is 5.92 Å². The Bertz CT molecular complexity index is 686. The molecule has 0 bridgehead atoms. The van der Waals surface area contributed by atoms with Crippen molar-refractivity contribution < 1.29 is 9.53 Å². The molecule has 0 spiro atoms. The van der Waals surface area contributed by atoms with E-state index in [0.717, 1.165) is 25.0 Å². The molecule has 1 aromatic heterocycles. The lowest BCUT2D eigenvalue weighted by atomic mass is 9.89. The Morgan fingerprint density at radius 2 is 2.20 bits per heavy atom. The van der Waals surface area contributed by atoms with Crippen molar-refractivity contribution in [1.29, 1.82) is 0 Å². The highest BCUT2D eigenvalue weighted by molar-refractivity contribution is 5.83. The van der Waals surface area contributed by atoms with E-state index in [9.17, 15) is 4.79 Å². The van der Waals surface area contributed by atoms with Crippen molar-refractivity contribution in [2.75, 3.05) is 20.2 Å². The summed E-state index contributed by atoms with van der Waals surface area (Å²) in [6.07, 6.45) is 5.70. The molecule has 6 nitrogen and oxygen atoms in total. The number of carbonyl (C=O) groups excluding carboxylic acids is 1. The smallest absolute Gasteiger partial charge is 0.241 e. The first-order chi connectivity index (χ1) is 12.2. The summed E-state index contributed by atoms with van der Waals surface area (Å²) in [7, 11) is 3.63. The first kappa shape index (κ1) is 17.6. The molecule has 1 aliphatic heterocycles. The van der Waals surface area contributed by atoms with Gasteiger partial charge in [0.05, 0.1) is 12.3 Å². The third-order valence-corrected chi connectivity index (χ3v) is 4.72. The third-order valence-electron chi connectivity index (χ3n) is 4.72. The standard InChI is InChI=1S/C19H26N4O2/c1-20-17(16-12-22-23(2)13-16)19(24)21-11-15-9-6-10-25-18(15)14-7-4-3-5-8-14/h3-5,7-8,12-13,15,17-18,20H,6,9-11H2,1-2H3,(H,21,24). The van der Waals surface area contributed by atoms with E-state index >= 15 is 0 Å². The van der Waals surface area contributed by atoms with Gasteiger partial charge in [-0.05, 0) is 25.5 Å². The largest absolute Gasteiger partial charge is 0.373 e. The van der Waals surface area contributed by atoms with Crippen LogP contribution in [0.4, 0.5) is 0 Å². The molecule has 2 N–H and O–H groups in total. The van der Waals surface area contributed by atoms with Crippen molar-refractivity contribution in [2.24, 2.45) is 13.0 Å². The van der Waals surface area contributed by atoms with E-state index in [2.05, 4.69) is 27.9 Å². The Morgan fingerprint density at radius 1 is 1.40 bits per heavy atom. The van der Waals surface area contributed by atoms with Gasteiger partial charge in [-0.15, -0.1) is 0 Å². The minimum Gasteiger partial charge on any atom is -0.373 e. The molecule has 6 heteroatoms. The molecule has 2 aromatic rings. The maximum Gasteiger partial charge on any atom is 0.241 e. The SMILES string of the molecule is CNC(C(=O)NCC1CCCOC1c1ccccc1)c1cnn(C)c1. The van der Waals surface area contributed by atoms with Crippen LogP contribution in [0.3, 0.4) is 0 Å². The summed E-state index contributed by atoms with van der Waals surface area (Å²) in [5.74, 6) is 0.249. The van der Waals surface area contributed by atoms with Gasteiger partial charge in [0.1, 0.15) is 6.04 Å². The monoisotopic (exact) mass is 342 g/mol. The number of benzene rings is 1. The van der Waals surface area contributed by atoms with E-state index in [1.54, 1.807) is 17.9 Å². The molecule has 3 rings (SSSR count). The third kappa shape index (κ3) is 4.27. The second kappa shape index (κ2) is 8.27. The minimum atomic E-state index is -0.395. The van der Waals surface area contributed by atoms with Crippen LogP contribution in [0.2, 0.25) is 0 Å². The molecule has 0 aliphatic carbocycles. The zero-order valence-corrected chi connectivity index (χ0v) is 14.8. The zero-order valence-electron chi connectivity index (χ0n) is 14.8. The number of amides is 1. The highest BCUT2D eigenvalue weighted by Crippen LogP contribution is 2.33. The molecule has 1 saturated heterocycles. The van der Waals surface area contributed by atoms with Crippen molar-refractivity contribution in [1.82, 2.24) is 20.4 Å². The summed E-state index contributed by atoms with van der Waals surface area (Å²) in [4.78, 5) is 12.6. The lowest BCUT2D eigenvalue weighted by Crippen LogP contribution is -2.40. The first-order valence-corrected chi connectivity index (χ1v) is 8.79. The van der Waals surface area contributed by atoms with Crippen LogP contribution in [0.15, 0.2) is 42.7 Å². The van der Waals surface area contributed by atoms with Gasteiger partial charge in [-0.3, -0.25) is 9.48 Å². The normalized spacial score (nSPS) is 21.7. The molecule has 2 heterocycles. The first-order valence-electron chi connectivity index (χ1n) is 8.79. The van der Waals surface area contributed by atoms with Crippen LogP contribution in [0.1, 0.15) is 36.1 Å². The highest BCUT2D eigenvalue weighted by atomic mass is 16.5. The number of rotatable bonds is 6. The summed E-state index contributed by atoms with van der Waals surface area (Å²) in [5.41, 5.74) is 2.04. The number of carbonyl (C=O) groups is 1. The molecule has 134 valence electrons. The van der Waals surface area contributed by atoms with Gasteiger partial charge in [0.2, 0.25) is 5.91 Å². The number of aromatic nitrogens is 2. The van der Waals surface area contributed by atoms with Gasteiger partial charge in [-0.2, -0.15) is 5.10 Å². The lowest BCUT2D eigenvalue weighted by molar-refractivity contribution is -0.124. The van der Waals surface area contributed by atoms with E-state index < -0.39 is 6.04 Å².